The summed E-state index contributed by atoms with van der Waals surface area (Å²) in [5, 5.41) is 11.8. The molecule has 242 valence electrons. The van der Waals surface area contributed by atoms with Crippen LogP contribution < -0.4 is 4.90 Å². The molecule has 6 nitrogen and oxygen atoms in total. The molecule has 0 bridgehead atoms. The van der Waals surface area contributed by atoms with Crippen LogP contribution in [0.4, 0.5) is 11.4 Å². The molecule has 0 atom stereocenters. The monoisotopic (exact) mass is 666 g/mol. The van der Waals surface area contributed by atoms with Gasteiger partial charge in [0.25, 0.3) is 11.8 Å². The second-order valence-corrected chi connectivity index (χ2v) is 12.6. The van der Waals surface area contributed by atoms with Crippen molar-refractivity contribution in [1.82, 2.24) is 4.57 Å². The van der Waals surface area contributed by atoms with Gasteiger partial charge in [0, 0.05) is 21.9 Å². The Morgan fingerprint density at radius 1 is 0.519 bits per heavy atom. The van der Waals surface area contributed by atoms with E-state index in [1.165, 1.54) is 4.90 Å². The third-order valence-electron chi connectivity index (χ3n) is 9.80. The summed E-state index contributed by atoms with van der Waals surface area (Å²) in [6.45, 7) is 7.37. The second kappa shape index (κ2) is 12.1. The standard InChI is InChI=1S/C46H26N4O2/c1-48-34-21-22-35(33(25-34)28-47)32-20-24-42-39(27-32)36-15-8-9-17-40(36)49(42)43-18-10-16-37-44(43)46(52)50(45(37)51)41-23-19-31(29-11-4-2-5-12-29)26-38(41)30-13-6-3-7-14-30/h2-27H. The summed E-state index contributed by atoms with van der Waals surface area (Å²) in [6.07, 6.45) is 0. The number of fused-ring (bicyclic) bond motifs is 4. The Bertz CT molecular complexity index is 2860. The number of amides is 2. The van der Waals surface area contributed by atoms with E-state index in [4.69, 9.17) is 6.57 Å². The maximum Gasteiger partial charge on any atom is 0.268 e. The number of nitriles is 1. The number of benzene rings is 7. The fourth-order valence-corrected chi connectivity index (χ4v) is 7.41. The third kappa shape index (κ3) is 4.71. The number of carbonyl (C=O) groups is 2. The molecule has 7 aromatic carbocycles. The fraction of sp³-hybridized carbons (Fsp3) is 0. The summed E-state index contributed by atoms with van der Waals surface area (Å²) in [5.74, 6) is -0.761. The second-order valence-electron chi connectivity index (χ2n) is 12.6. The van der Waals surface area contributed by atoms with E-state index in [9.17, 15) is 14.9 Å². The molecule has 1 aliphatic heterocycles. The van der Waals surface area contributed by atoms with Gasteiger partial charge in [-0.2, -0.15) is 5.26 Å². The molecule has 0 fully saturated rings. The molecular formula is C46H26N4O2. The van der Waals surface area contributed by atoms with E-state index in [-0.39, 0.29) is 11.8 Å². The van der Waals surface area contributed by atoms with Crippen LogP contribution in [0.1, 0.15) is 26.3 Å². The molecule has 8 aromatic rings. The van der Waals surface area contributed by atoms with Gasteiger partial charge in [-0.3, -0.25) is 9.59 Å². The topological polar surface area (TPSA) is 70.5 Å². The number of nitrogens with zero attached hydrogens (tertiary/aromatic N) is 4. The number of rotatable bonds is 5. The average Bonchev–Trinajstić information content (AvgIpc) is 3.67. The van der Waals surface area contributed by atoms with E-state index in [1.807, 2.05) is 144 Å². The van der Waals surface area contributed by atoms with E-state index in [0.29, 0.717) is 33.8 Å². The molecular weight excluding hydrogens is 641 g/mol. The van der Waals surface area contributed by atoms with Crippen molar-refractivity contribution < 1.29 is 9.59 Å². The van der Waals surface area contributed by atoms with Gasteiger partial charge in [-0.05, 0) is 76.3 Å². The molecule has 0 N–H and O–H groups in total. The maximum absolute atomic E-state index is 14.7. The zero-order chi connectivity index (χ0) is 35.3. The van der Waals surface area contributed by atoms with Gasteiger partial charge in [0.2, 0.25) is 0 Å². The van der Waals surface area contributed by atoms with Crippen LogP contribution in [0.5, 0.6) is 0 Å². The van der Waals surface area contributed by atoms with Crippen molar-refractivity contribution in [3.63, 3.8) is 0 Å². The van der Waals surface area contributed by atoms with Gasteiger partial charge >= 0.3 is 0 Å². The quantitative estimate of drug-likeness (QED) is 0.136. The third-order valence-corrected chi connectivity index (χ3v) is 9.80. The van der Waals surface area contributed by atoms with Crippen LogP contribution in [-0.2, 0) is 0 Å². The Morgan fingerprint density at radius 3 is 2.00 bits per heavy atom. The molecule has 0 radical (unpaired) electrons. The van der Waals surface area contributed by atoms with E-state index in [0.717, 1.165) is 55.2 Å². The lowest BCUT2D eigenvalue weighted by molar-refractivity contribution is 0.0926. The van der Waals surface area contributed by atoms with E-state index in [1.54, 1.807) is 18.2 Å². The first kappa shape index (κ1) is 30.5. The first-order valence-corrected chi connectivity index (χ1v) is 16.8. The summed E-state index contributed by atoms with van der Waals surface area (Å²) >= 11 is 0. The molecule has 2 amide bonds. The van der Waals surface area contributed by atoms with Crippen LogP contribution >= 0.6 is 0 Å². The van der Waals surface area contributed by atoms with Crippen molar-refractivity contribution in [2.75, 3.05) is 4.90 Å². The number of carbonyl (C=O) groups excluding carboxylic acids is 2. The normalized spacial score (nSPS) is 12.2. The molecule has 0 saturated heterocycles. The number of hydrogen-bond acceptors (Lipinski definition) is 3. The Morgan fingerprint density at radius 2 is 1.23 bits per heavy atom. The van der Waals surface area contributed by atoms with Crippen molar-refractivity contribution in [1.29, 1.82) is 5.26 Å². The number of imide groups is 1. The van der Waals surface area contributed by atoms with Crippen LogP contribution in [0.3, 0.4) is 0 Å². The van der Waals surface area contributed by atoms with Crippen LogP contribution in [0, 0.1) is 17.9 Å². The molecule has 52 heavy (non-hydrogen) atoms. The van der Waals surface area contributed by atoms with Gasteiger partial charge in [-0.1, -0.05) is 109 Å². The van der Waals surface area contributed by atoms with Gasteiger partial charge in [0.05, 0.1) is 46.2 Å². The van der Waals surface area contributed by atoms with E-state index in [2.05, 4.69) is 10.9 Å². The first-order valence-electron chi connectivity index (χ1n) is 16.8. The summed E-state index contributed by atoms with van der Waals surface area (Å²) in [6, 6.07) is 52.5. The van der Waals surface area contributed by atoms with Gasteiger partial charge in [0.1, 0.15) is 0 Å². The van der Waals surface area contributed by atoms with E-state index >= 15 is 0 Å². The highest BCUT2D eigenvalue weighted by Crippen LogP contribution is 2.42. The van der Waals surface area contributed by atoms with Crippen molar-refractivity contribution in [3.05, 3.63) is 186 Å². The predicted octanol–water partition coefficient (Wildman–Crippen LogP) is 11.0. The zero-order valence-electron chi connectivity index (χ0n) is 27.6. The largest absolute Gasteiger partial charge is 0.308 e. The van der Waals surface area contributed by atoms with Crippen molar-refractivity contribution >= 4 is 45.0 Å². The van der Waals surface area contributed by atoms with Crippen molar-refractivity contribution in [3.8, 4) is 45.1 Å². The van der Waals surface area contributed by atoms with Crippen LogP contribution in [0.15, 0.2) is 158 Å². The highest BCUT2D eigenvalue weighted by Gasteiger charge is 2.40. The fourth-order valence-electron chi connectivity index (χ4n) is 7.41. The Kier molecular flexibility index (Phi) is 7.10. The van der Waals surface area contributed by atoms with Crippen LogP contribution in [0.25, 0.3) is 65.7 Å². The molecule has 1 aliphatic rings. The smallest absolute Gasteiger partial charge is 0.268 e. The molecule has 6 heteroatoms. The first-order chi connectivity index (χ1) is 25.6. The average molecular weight is 667 g/mol. The minimum Gasteiger partial charge on any atom is -0.308 e. The highest BCUT2D eigenvalue weighted by molar-refractivity contribution is 6.36. The molecule has 1 aromatic heterocycles. The molecule has 0 unspecified atom stereocenters. The number of anilines is 1. The minimum atomic E-state index is -0.388. The Labute approximate surface area is 299 Å². The molecule has 0 saturated carbocycles. The summed E-state index contributed by atoms with van der Waals surface area (Å²) in [4.78, 5) is 33.9. The zero-order valence-corrected chi connectivity index (χ0v) is 27.6. The molecule has 0 spiro atoms. The van der Waals surface area contributed by atoms with Gasteiger partial charge < -0.3 is 4.57 Å². The maximum atomic E-state index is 14.7. The predicted molar refractivity (Wildman–Crippen MR) is 206 cm³/mol. The Hall–Kier alpha value is -7.54. The summed E-state index contributed by atoms with van der Waals surface area (Å²) in [7, 11) is 0. The minimum absolute atomic E-state index is 0.340. The van der Waals surface area contributed by atoms with Crippen molar-refractivity contribution in [2.45, 2.75) is 0 Å². The van der Waals surface area contributed by atoms with Gasteiger partial charge in [0.15, 0.2) is 5.69 Å². The van der Waals surface area contributed by atoms with Crippen LogP contribution in [-0.4, -0.2) is 16.4 Å². The number of para-hydroxylation sites is 1. The highest BCUT2D eigenvalue weighted by atomic mass is 16.2. The lowest BCUT2D eigenvalue weighted by Gasteiger charge is -2.20. The van der Waals surface area contributed by atoms with Crippen LogP contribution in [0.2, 0.25) is 0 Å². The Balaban J connectivity index is 1.21. The summed E-state index contributed by atoms with van der Waals surface area (Å²) < 4.78 is 2.05. The molecule has 0 aliphatic carbocycles. The molecule has 9 rings (SSSR count). The van der Waals surface area contributed by atoms with Gasteiger partial charge in [-0.25, -0.2) is 9.74 Å². The number of hydrogen-bond donors (Lipinski definition) is 0. The number of aromatic nitrogens is 1. The summed E-state index contributed by atoms with van der Waals surface area (Å²) in [5.41, 5.74) is 9.65. The van der Waals surface area contributed by atoms with Crippen molar-refractivity contribution in [2.24, 2.45) is 0 Å². The molecule has 2 heterocycles. The lowest BCUT2D eigenvalue weighted by Crippen LogP contribution is -2.30. The van der Waals surface area contributed by atoms with Gasteiger partial charge in [-0.15, -0.1) is 0 Å². The lowest BCUT2D eigenvalue weighted by atomic mass is 9.97. The van der Waals surface area contributed by atoms with E-state index < -0.39 is 0 Å². The SMILES string of the molecule is [C-]#[N+]c1ccc(-c2ccc3c(c2)c2ccccc2n3-c2cccc3c2C(=O)N(c2ccc(-c4ccccc4)cc2-c2ccccc2)C3=O)c(C#N)c1.